The van der Waals surface area contributed by atoms with Crippen molar-refractivity contribution in [3.63, 3.8) is 0 Å². The third kappa shape index (κ3) is 2.05. The lowest BCUT2D eigenvalue weighted by molar-refractivity contribution is 0.173. The maximum atomic E-state index is 6.03. The zero-order chi connectivity index (χ0) is 9.26. The summed E-state index contributed by atoms with van der Waals surface area (Å²) in [5.74, 6) is 0. The Bertz CT molecular complexity index is 283. The van der Waals surface area contributed by atoms with Crippen LogP contribution in [-0.2, 0) is 6.54 Å². The van der Waals surface area contributed by atoms with E-state index >= 15 is 0 Å². The third-order valence-corrected chi connectivity index (χ3v) is 3.75. The van der Waals surface area contributed by atoms with Crippen LogP contribution < -0.4 is 5.32 Å². The summed E-state index contributed by atoms with van der Waals surface area (Å²) in [5, 5.41) is 5.31. The van der Waals surface area contributed by atoms with Gasteiger partial charge < -0.3 is 5.32 Å². The Morgan fingerprint density at radius 3 is 2.92 bits per heavy atom. The summed E-state index contributed by atoms with van der Waals surface area (Å²) in [5.41, 5.74) is 1.25. The zero-order valence-corrected chi connectivity index (χ0v) is 9.16. The SMILES string of the molecule is CN(Cc1ccsc1Cl)C1CNC1. The monoisotopic (exact) mass is 216 g/mol. The topological polar surface area (TPSA) is 15.3 Å². The largest absolute Gasteiger partial charge is 0.314 e. The smallest absolute Gasteiger partial charge is 0.0973 e. The van der Waals surface area contributed by atoms with Crippen molar-refractivity contribution in [1.82, 2.24) is 10.2 Å². The van der Waals surface area contributed by atoms with E-state index in [4.69, 9.17) is 11.6 Å². The standard InChI is InChI=1S/C9H13ClN2S/c1-12(8-4-11-5-8)6-7-2-3-13-9(7)10/h2-3,8,11H,4-6H2,1H3. The predicted octanol–water partition coefficient (Wildman–Crippen LogP) is 1.81. The van der Waals surface area contributed by atoms with Crippen molar-refractivity contribution >= 4 is 22.9 Å². The highest BCUT2D eigenvalue weighted by atomic mass is 35.5. The Morgan fingerprint density at radius 2 is 2.46 bits per heavy atom. The van der Waals surface area contributed by atoms with Crippen LogP contribution >= 0.6 is 22.9 Å². The Kier molecular flexibility index (Phi) is 2.89. The van der Waals surface area contributed by atoms with E-state index in [2.05, 4.69) is 23.3 Å². The summed E-state index contributed by atoms with van der Waals surface area (Å²) < 4.78 is 0.930. The molecule has 0 bridgehead atoms. The first-order valence-electron chi connectivity index (χ1n) is 4.40. The second-order valence-electron chi connectivity index (χ2n) is 3.45. The number of hydrogen-bond donors (Lipinski definition) is 1. The Hall–Kier alpha value is -0.0900. The van der Waals surface area contributed by atoms with E-state index in [-0.39, 0.29) is 0 Å². The van der Waals surface area contributed by atoms with E-state index in [1.165, 1.54) is 5.56 Å². The molecule has 0 aliphatic carbocycles. The summed E-state index contributed by atoms with van der Waals surface area (Å²) in [7, 11) is 2.15. The molecule has 0 spiro atoms. The first kappa shape index (κ1) is 9.46. The number of nitrogens with zero attached hydrogens (tertiary/aromatic N) is 1. The van der Waals surface area contributed by atoms with Crippen molar-refractivity contribution < 1.29 is 0 Å². The van der Waals surface area contributed by atoms with E-state index in [1.54, 1.807) is 11.3 Å². The lowest BCUT2D eigenvalue weighted by Gasteiger charge is -2.35. The molecule has 1 N–H and O–H groups in total. The molecule has 1 saturated heterocycles. The van der Waals surface area contributed by atoms with Gasteiger partial charge in [0.05, 0.1) is 4.34 Å². The fourth-order valence-electron chi connectivity index (χ4n) is 1.41. The van der Waals surface area contributed by atoms with E-state index < -0.39 is 0 Å². The van der Waals surface area contributed by atoms with Crippen LogP contribution in [0.2, 0.25) is 4.34 Å². The second-order valence-corrected chi connectivity index (χ2v) is 4.96. The van der Waals surface area contributed by atoms with Gasteiger partial charge in [0.2, 0.25) is 0 Å². The van der Waals surface area contributed by atoms with Gasteiger partial charge in [-0.05, 0) is 24.1 Å². The number of thiophene rings is 1. The minimum atomic E-state index is 0.691. The van der Waals surface area contributed by atoms with Gasteiger partial charge in [-0.3, -0.25) is 4.90 Å². The summed E-state index contributed by atoms with van der Waals surface area (Å²) >= 11 is 7.63. The minimum absolute atomic E-state index is 0.691. The normalized spacial score (nSPS) is 17.8. The molecule has 0 radical (unpaired) electrons. The highest BCUT2D eigenvalue weighted by Crippen LogP contribution is 2.24. The van der Waals surface area contributed by atoms with Crippen LogP contribution in [0.15, 0.2) is 11.4 Å². The molecular weight excluding hydrogens is 204 g/mol. The number of likely N-dealkylation sites (N-methyl/N-ethyl adjacent to an activating group) is 1. The number of hydrogen-bond acceptors (Lipinski definition) is 3. The quantitative estimate of drug-likeness (QED) is 0.829. The molecule has 1 fully saturated rings. The fraction of sp³-hybridized carbons (Fsp3) is 0.556. The lowest BCUT2D eigenvalue weighted by Crippen LogP contribution is -2.55. The highest BCUT2D eigenvalue weighted by Gasteiger charge is 2.21. The molecule has 1 aliphatic heterocycles. The molecule has 72 valence electrons. The summed E-state index contributed by atoms with van der Waals surface area (Å²) in [6.07, 6.45) is 0. The first-order chi connectivity index (χ1) is 6.27. The maximum absolute atomic E-state index is 6.03. The van der Waals surface area contributed by atoms with Crippen LogP contribution in [0.25, 0.3) is 0 Å². The lowest BCUT2D eigenvalue weighted by atomic mass is 10.1. The Balaban J connectivity index is 1.93. The van der Waals surface area contributed by atoms with Crippen molar-refractivity contribution in [2.75, 3.05) is 20.1 Å². The molecule has 0 aromatic carbocycles. The molecule has 0 saturated carbocycles. The van der Waals surface area contributed by atoms with E-state index in [0.717, 1.165) is 24.0 Å². The molecule has 1 aromatic rings. The highest BCUT2D eigenvalue weighted by molar-refractivity contribution is 7.14. The molecule has 1 aliphatic rings. The predicted molar refractivity (Wildman–Crippen MR) is 57.5 cm³/mol. The number of rotatable bonds is 3. The first-order valence-corrected chi connectivity index (χ1v) is 5.66. The second kappa shape index (κ2) is 3.96. The molecule has 2 heterocycles. The molecule has 13 heavy (non-hydrogen) atoms. The van der Waals surface area contributed by atoms with Gasteiger partial charge in [0, 0.05) is 25.7 Å². The fourth-order valence-corrected chi connectivity index (χ4v) is 2.33. The van der Waals surface area contributed by atoms with E-state index in [9.17, 15) is 0 Å². The minimum Gasteiger partial charge on any atom is -0.314 e. The van der Waals surface area contributed by atoms with Crippen LogP contribution in [0.5, 0.6) is 0 Å². The van der Waals surface area contributed by atoms with Crippen molar-refractivity contribution in [3.8, 4) is 0 Å². The molecule has 0 atom stereocenters. The molecule has 4 heteroatoms. The van der Waals surface area contributed by atoms with Crippen molar-refractivity contribution in [3.05, 3.63) is 21.3 Å². The molecule has 0 unspecified atom stereocenters. The van der Waals surface area contributed by atoms with Crippen molar-refractivity contribution in [2.45, 2.75) is 12.6 Å². The summed E-state index contributed by atoms with van der Waals surface area (Å²) in [4.78, 5) is 2.35. The van der Waals surface area contributed by atoms with Gasteiger partial charge in [-0.25, -0.2) is 0 Å². The van der Waals surface area contributed by atoms with E-state index in [0.29, 0.717) is 6.04 Å². The van der Waals surface area contributed by atoms with Gasteiger partial charge >= 0.3 is 0 Å². The van der Waals surface area contributed by atoms with Gasteiger partial charge in [-0.2, -0.15) is 0 Å². The molecule has 0 amide bonds. The maximum Gasteiger partial charge on any atom is 0.0973 e. The van der Waals surface area contributed by atoms with Crippen LogP contribution in [0.3, 0.4) is 0 Å². The summed E-state index contributed by atoms with van der Waals surface area (Å²) in [6.45, 7) is 3.19. The summed E-state index contributed by atoms with van der Waals surface area (Å²) in [6, 6.07) is 2.80. The van der Waals surface area contributed by atoms with Gasteiger partial charge in [-0.15, -0.1) is 11.3 Å². The van der Waals surface area contributed by atoms with Gasteiger partial charge in [0.1, 0.15) is 0 Å². The van der Waals surface area contributed by atoms with Crippen LogP contribution in [-0.4, -0.2) is 31.1 Å². The van der Waals surface area contributed by atoms with Crippen molar-refractivity contribution in [1.29, 1.82) is 0 Å². The molecule has 2 rings (SSSR count). The van der Waals surface area contributed by atoms with Crippen molar-refractivity contribution in [2.24, 2.45) is 0 Å². The number of halogens is 1. The Morgan fingerprint density at radius 1 is 1.69 bits per heavy atom. The Labute approximate surface area is 87.5 Å². The average molecular weight is 217 g/mol. The third-order valence-electron chi connectivity index (χ3n) is 2.50. The van der Waals surface area contributed by atoms with E-state index in [1.807, 2.05) is 5.38 Å². The molecular formula is C9H13ClN2S. The van der Waals surface area contributed by atoms with Gasteiger partial charge in [0.25, 0.3) is 0 Å². The average Bonchev–Trinajstić information content (AvgIpc) is 2.32. The zero-order valence-electron chi connectivity index (χ0n) is 7.59. The van der Waals surface area contributed by atoms with Gasteiger partial charge in [-0.1, -0.05) is 11.6 Å². The molecule has 2 nitrogen and oxygen atoms in total. The molecule has 1 aromatic heterocycles. The number of nitrogens with one attached hydrogen (secondary N) is 1. The van der Waals surface area contributed by atoms with Crippen LogP contribution in [0.4, 0.5) is 0 Å². The van der Waals surface area contributed by atoms with Crippen LogP contribution in [0, 0.1) is 0 Å². The van der Waals surface area contributed by atoms with Gasteiger partial charge in [0.15, 0.2) is 0 Å². The van der Waals surface area contributed by atoms with Crippen LogP contribution in [0.1, 0.15) is 5.56 Å².